The van der Waals surface area contributed by atoms with E-state index in [0.717, 1.165) is 32.1 Å². The van der Waals surface area contributed by atoms with Gasteiger partial charge in [-0.15, -0.1) is 6.58 Å². The van der Waals surface area contributed by atoms with Gasteiger partial charge in [-0.1, -0.05) is 18.9 Å². The highest BCUT2D eigenvalue weighted by Gasteiger charge is 2.33. The van der Waals surface area contributed by atoms with Crippen molar-refractivity contribution in [2.45, 2.75) is 56.6 Å². The Bertz CT molecular complexity index is 357. The first-order valence-corrected chi connectivity index (χ1v) is 8.14. The molecule has 0 bridgehead atoms. The molecule has 1 unspecified atom stereocenters. The van der Waals surface area contributed by atoms with Gasteiger partial charge in [0.25, 0.3) is 0 Å². The van der Waals surface area contributed by atoms with Crippen LogP contribution < -0.4 is 0 Å². The van der Waals surface area contributed by atoms with E-state index >= 15 is 0 Å². The van der Waals surface area contributed by atoms with Gasteiger partial charge in [-0.25, -0.2) is 8.42 Å². The number of rotatable bonds is 7. The van der Waals surface area contributed by atoms with Crippen molar-refractivity contribution in [1.29, 1.82) is 0 Å². The van der Waals surface area contributed by atoms with Gasteiger partial charge in [0.05, 0.1) is 5.75 Å². The molecule has 0 aliphatic carbocycles. The number of allylic oxidation sites excluding steroid dienone is 1. The number of unbranched alkanes of at least 4 members (excludes halogenated alkanes) is 3. The summed E-state index contributed by atoms with van der Waals surface area (Å²) < 4.78 is 23.4. The summed E-state index contributed by atoms with van der Waals surface area (Å²) in [6.45, 7) is 3.64. The van der Waals surface area contributed by atoms with Crippen LogP contribution in [-0.2, 0) is 14.6 Å². The number of ketones is 1. The lowest BCUT2D eigenvalue weighted by atomic mass is 10.0. The second-order valence-corrected chi connectivity index (χ2v) is 7.01. The Labute approximate surface area is 104 Å². The lowest BCUT2D eigenvalue weighted by molar-refractivity contribution is -0.119. The summed E-state index contributed by atoms with van der Waals surface area (Å²) in [5.41, 5.74) is 0. The SMILES string of the molecule is C=CCCCCCC(=O)C1CCCCS1(=O)=O. The van der Waals surface area contributed by atoms with Gasteiger partial charge < -0.3 is 0 Å². The van der Waals surface area contributed by atoms with Gasteiger partial charge in [0.2, 0.25) is 0 Å². The van der Waals surface area contributed by atoms with Crippen molar-refractivity contribution in [3.63, 3.8) is 0 Å². The fourth-order valence-electron chi connectivity index (χ4n) is 2.24. The molecule has 1 aliphatic heterocycles. The van der Waals surface area contributed by atoms with Crippen molar-refractivity contribution in [1.82, 2.24) is 0 Å². The van der Waals surface area contributed by atoms with Crippen LogP contribution in [0, 0.1) is 0 Å². The third-order valence-electron chi connectivity index (χ3n) is 3.27. The minimum atomic E-state index is -3.14. The molecule has 3 nitrogen and oxygen atoms in total. The Morgan fingerprint density at radius 2 is 2.00 bits per heavy atom. The molecule has 0 amide bonds. The Hall–Kier alpha value is -0.640. The number of hydrogen-bond acceptors (Lipinski definition) is 3. The van der Waals surface area contributed by atoms with E-state index in [9.17, 15) is 13.2 Å². The maximum absolute atomic E-state index is 11.8. The summed E-state index contributed by atoms with van der Waals surface area (Å²) in [5.74, 6) is 0.128. The molecule has 0 N–H and O–H groups in total. The molecule has 0 radical (unpaired) electrons. The Balaban J connectivity index is 2.34. The summed E-state index contributed by atoms with van der Waals surface area (Å²) in [6, 6.07) is 0. The second-order valence-electron chi connectivity index (χ2n) is 4.71. The molecule has 1 aliphatic rings. The number of carbonyl (C=O) groups excluding carboxylic acids is 1. The predicted molar refractivity (Wildman–Crippen MR) is 69.7 cm³/mol. The molecule has 0 aromatic carbocycles. The quantitative estimate of drug-likeness (QED) is 0.521. The molecule has 0 aromatic rings. The molecule has 17 heavy (non-hydrogen) atoms. The summed E-state index contributed by atoms with van der Waals surface area (Å²) >= 11 is 0. The number of sulfone groups is 1. The van der Waals surface area contributed by atoms with Gasteiger partial charge in [-0.3, -0.25) is 4.79 Å². The molecule has 1 fully saturated rings. The Kier molecular flexibility index (Phi) is 5.89. The summed E-state index contributed by atoms with van der Waals surface area (Å²) in [7, 11) is -3.14. The van der Waals surface area contributed by atoms with Gasteiger partial charge in [0.15, 0.2) is 15.6 Å². The van der Waals surface area contributed by atoms with E-state index in [4.69, 9.17) is 0 Å². The maximum atomic E-state index is 11.8. The number of carbonyl (C=O) groups is 1. The average Bonchev–Trinajstić information content (AvgIpc) is 2.28. The largest absolute Gasteiger partial charge is 0.298 e. The number of Topliss-reactive ketones (excluding diaryl/α,β-unsaturated/α-hetero) is 1. The minimum absolute atomic E-state index is 0.0664. The third kappa shape index (κ3) is 4.62. The smallest absolute Gasteiger partial charge is 0.160 e. The van der Waals surface area contributed by atoms with Crippen molar-refractivity contribution >= 4 is 15.6 Å². The molecule has 1 heterocycles. The van der Waals surface area contributed by atoms with E-state index in [1.165, 1.54) is 0 Å². The Morgan fingerprint density at radius 3 is 2.65 bits per heavy atom. The van der Waals surface area contributed by atoms with Crippen molar-refractivity contribution in [2.24, 2.45) is 0 Å². The molecule has 1 saturated heterocycles. The molecular formula is C13H22O3S. The van der Waals surface area contributed by atoms with Gasteiger partial charge in [-0.2, -0.15) is 0 Å². The zero-order valence-corrected chi connectivity index (χ0v) is 11.2. The zero-order chi connectivity index (χ0) is 12.7. The fraction of sp³-hybridized carbons (Fsp3) is 0.769. The van der Waals surface area contributed by atoms with Gasteiger partial charge in [0.1, 0.15) is 5.25 Å². The van der Waals surface area contributed by atoms with Crippen molar-refractivity contribution in [3.05, 3.63) is 12.7 Å². The molecule has 1 rings (SSSR count). The molecule has 1 atom stereocenters. The second kappa shape index (κ2) is 6.94. The highest BCUT2D eigenvalue weighted by Crippen LogP contribution is 2.22. The van der Waals surface area contributed by atoms with Crippen LogP contribution in [0.25, 0.3) is 0 Å². The van der Waals surface area contributed by atoms with Crippen molar-refractivity contribution in [2.75, 3.05) is 5.75 Å². The van der Waals surface area contributed by atoms with Crippen molar-refractivity contribution < 1.29 is 13.2 Å². The van der Waals surface area contributed by atoms with E-state index < -0.39 is 15.1 Å². The standard InChI is InChI=1S/C13H22O3S/c1-2-3-4-5-6-9-12(14)13-10-7-8-11-17(13,15)16/h2,13H,1,3-11H2. The minimum Gasteiger partial charge on any atom is -0.298 e. The maximum Gasteiger partial charge on any atom is 0.160 e. The molecule has 4 heteroatoms. The van der Waals surface area contributed by atoms with Crippen LogP contribution in [0.3, 0.4) is 0 Å². The first-order chi connectivity index (χ1) is 8.08. The topological polar surface area (TPSA) is 51.2 Å². The van der Waals surface area contributed by atoms with Crippen LogP contribution in [0.15, 0.2) is 12.7 Å². The highest BCUT2D eigenvalue weighted by molar-refractivity contribution is 7.92. The van der Waals surface area contributed by atoms with E-state index in [2.05, 4.69) is 6.58 Å². The van der Waals surface area contributed by atoms with Crippen LogP contribution in [0.1, 0.15) is 51.4 Å². The molecule has 98 valence electrons. The fourth-order valence-corrected chi connectivity index (χ4v) is 4.18. The van der Waals surface area contributed by atoms with Crippen molar-refractivity contribution in [3.8, 4) is 0 Å². The van der Waals surface area contributed by atoms with E-state index in [1.807, 2.05) is 6.08 Å². The van der Waals surface area contributed by atoms with Gasteiger partial charge in [0, 0.05) is 6.42 Å². The number of hydrogen-bond donors (Lipinski definition) is 0. The van der Waals surface area contributed by atoms with Crippen LogP contribution in [0.5, 0.6) is 0 Å². The molecule has 0 aromatic heterocycles. The highest BCUT2D eigenvalue weighted by atomic mass is 32.2. The summed E-state index contributed by atoms with van der Waals surface area (Å²) in [5, 5.41) is -0.698. The summed E-state index contributed by atoms with van der Waals surface area (Å²) in [4.78, 5) is 11.8. The van der Waals surface area contributed by atoms with Crippen LogP contribution >= 0.6 is 0 Å². The summed E-state index contributed by atoms with van der Waals surface area (Å²) in [6.07, 6.45) is 8.19. The van der Waals surface area contributed by atoms with E-state index in [1.54, 1.807) is 0 Å². The lowest BCUT2D eigenvalue weighted by Crippen LogP contribution is -2.35. The Morgan fingerprint density at radius 1 is 1.24 bits per heavy atom. The van der Waals surface area contributed by atoms with Gasteiger partial charge in [-0.05, 0) is 32.1 Å². The average molecular weight is 258 g/mol. The molecule has 0 saturated carbocycles. The first-order valence-electron chi connectivity index (χ1n) is 6.43. The van der Waals surface area contributed by atoms with Crippen LogP contribution in [0.2, 0.25) is 0 Å². The zero-order valence-electron chi connectivity index (χ0n) is 10.4. The molecule has 0 spiro atoms. The van der Waals surface area contributed by atoms with Gasteiger partial charge >= 0.3 is 0 Å². The predicted octanol–water partition coefficient (Wildman–Crippen LogP) is 2.66. The molecular weight excluding hydrogens is 236 g/mol. The normalized spacial score (nSPS) is 23.2. The van der Waals surface area contributed by atoms with E-state index in [0.29, 0.717) is 19.3 Å². The first kappa shape index (κ1) is 14.4. The third-order valence-corrected chi connectivity index (χ3v) is 5.49. The lowest BCUT2D eigenvalue weighted by Gasteiger charge is -2.20. The van der Waals surface area contributed by atoms with E-state index in [-0.39, 0.29) is 11.5 Å². The van der Waals surface area contributed by atoms with Crippen LogP contribution in [-0.4, -0.2) is 25.2 Å². The monoisotopic (exact) mass is 258 g/mol. The van der Waals surface area contributed by atoms with Crippen LogP contribution in [0.4, 0.5) is 0 Å².